The van der Waals surface area contributed by atoms with Crippen molar-refractivity contribution in [3.05, 3.63) is 0 Å². The second-order valence-electron chi connectivity index (χ2n) is 12.5. The number of aliphatic hydroxyl groups is 2. The van der Waals surface area contributed by atoms with Gasteiger partial charge in [0.1, 0.15) is 0 Å². The summed E-state index contributed by atoms with van der Waals surface area (Å²) >= 11 is 0. The molecule has 4 nitrogen and oxygen atoms in total. The largest absolute Gasteiger partial charge is 0.466 e. The van der Waals surface area contributed by atoms with Gasteiger partial charge in [0, 0.05) is 6.42 Å². The topological polar surface area (TPSA) is 66.8 Å². The summed E-state index contributed by atoms with van der Waals surface area (Å²) in [7, 11) is 0. The summed E-state index contributed by atoms with van der Waals surface area (Å²) < 4.78 is 5.43. The van der Waals surface area contributed by atoms with E-state index in [4.69, 9.17) is 14.9 Å². The Morgan fingerprint density at radius 3 is 1.00 bits per heavy atom. The number of hydrogen-bond donors (Lipinski definition) is 2. The molecule has 0 heterocycles. The fourth-order valence-electron chi connectivity index (χ4n) is 5.20. The fraction of sp³-hybridized carbons (Fsp3) is 0.973. The van der Waals surface area contributed by atoms with E-state index in [1.165, 1.54) is 180 Å². The van der Waals surface area contributed by atoms with Crippen LogP contribution in [0, 0.1) is 0 Å². The zero-order valence-electron chi connectivity index (χ0n) is 28.4. The highest BCUT2D eigenvalue weighted by Crippen LogP contribution is 2.15. The highest BCUT2D eigenvalue weighted by Gasteiger charge is 2.03. The molecule has 0 amide bonds. The number of carbonyl (C=O) groups is 1. The van der Waals surface area contributed by atoms with Gasteiger partial charge in [0.25, 0.3) is 0 Å². The molecule has 0 saturated heterocycles. The van der Waals surface area contributed by atoms with Crippen LogP contribution in [0.3, 0.4) is 0 Å². The van der Waals surface area contributed by atoms with Crippen LogP contribution < -0.4 is 0 Å². The summed E-state index contributed by atoms with van der Waals surface area (Å²) in [6.07, 6.45) is 39.6. The van der Waals surface area contributed by atoms with E-state index in [-0.39, 0.29) is 12.6 Å². The van der Waals surface area contributed by atoms with E-state index in [1.807, 2.05) is 0 Å². The number of aliphatic hydroxyl groups excluding tert-OH is 2. The van der Waals surface area contributed by atoms with E-state index in [1.54, 1.807) is 0 Å². The Balaban J connectivity index is 0. The van der Waals surface area contributed by atoms with E-state index < -0.39 is 6.10 Å². The minimum absolute atomic E-state index is 0.0272. The smallest absolute Gasteiger partial charge is 0.305 e. The third-order valence-corrected chi connectivity index (χ3v) is 8.01. The summed E-state index contributed by atoms with van der Waals surface area (Å²) in [4.78, 5) is 11.9. The molecule has 0 aromatic carbocycles. The van der Waals surface area contributed by atoms with Gasteiger partial charge in [-0.2, -0.15) is 0 Å². The molecule has 248 valence electrons. The number of carbonyl (C=O) groups excluding carboxylic acids is 1. The zero-order chi connectivity index (χ0) is 30.5. The Morgan fingerprint density at radius 1 is 0.488 bits per heavy atom. The Hall–Kier alpha value is -0.610. The molecule has 0 bridgehead atoms. The lowest BCUT2D eigenvalue weighted by Crippen LogP contribution is -2.05. The van der Waals surface area contributed by atoms with Gasteiger partial charge in [0.05, 0.1) is 19.3 Å². The summed E-state index contributed by atoms with van der Waals surface area (Å²) in [5.74, 6) is 0.0272. The van der Waals surface area contributed by atoms with Crippen molar-refractivity contribution in [2.45, 2.75) is 219 Å². The van der Waals surface area contributed by atoms with E-state index in [0.717, 1.165) is 12.8 Å². The van der Waals surface area contributed by atoms with Gasteiger partial charge in [0.15, 0.2) is 0 Å². The van der Waals surface area contributed by atoms with Gasteiger partial charge in [-0.1, -0.05) is 187 Å². The molecule has 2 N–H and O–H groups in total. The van der Waals surface area contributed by atoms with Gasteiger partial charge in [-0.25, -0.2) is 0 Å². The molecule has 0 saturated carbocycles. The van der Waals surface area contributed by atoms with Crippen molar-refractivity contribution in [3.8, 4) is 0 Å². The van der Waals surface area contributed by atoms with Gasteiger partial charge in [-0.05, 0) is 19.8 Å². The average Bonchev–Trinajstić information content (AvgIpc) is 2.97. The first kappa shape index (κ1) is 42.5. The van der Waals surface area contributed by atoms with E-state index in [2.05, 4.69) is 13.8 Å². The maximum atomic E-state index is 11.9. The first-order valence-corrected chi connectivity index (χ1v) is 18.5. The molecular formula is C37H76O4. The number of ether oxygens (including phenoxy) is 1. The molecule has 0 aliphatic heterocycles. The van der Waals surface area contributed by atoms with Gasteiger partial charge >= 0.3 is 5.97 Å². The maximum Gasteiger partial charge on any atom is 0.305 e. The number of esters is 1. The quantitative estimate of drug-likeness (QED) is 0.0609. The number of unbranched alkanes of at least 4 members (excludes halogenated alkanes) is 27. The van der Waals surface area contributed by atoms with E-state index in [9.17, 15) is 4.79 Å². The van der Waals surface area contributed by atoms with Crippen LogP contribution in [0.1, 0.15) is 213 Å². The van der Waals surface area contributed by atoms with Crippen LogP contribution >= 0.6 is 0 Å². The molecular weight excluding hydrogens is 508 g/mol. The van der Waals surface area contributed by atoms with Crippen molar-refractivity contribution in [1.82, 2.24) is 0 Å². The second-order valence-corrected chi connectivity index (χ2v) is 12.5. The predicted molar refractivity (Wildman–Crippen MR) is 180 cm³/mol. The van der Waals surface area contributed by atoms with Crippen LogP contribution in [0.4, 0.5) is 0 Å². The molecule has 1 unspecified atom stereocenters. The van der Waals surface area contributed by atoms with Crippen LogP contribution in [0.15, 0.2) is 0 Å². The molecule has 0 rings (SSSR count). The lowest BCUT2D eigenvalue weighted by Gasteiger charge is -2.06. The Kier molecular flexibility index (Phi) is 40.9. The molecule has 0 aromatic heterocycles. The monoisotopic (exact) mass is 585 g/mol. The van der Waals surface area contributed by atoms with Crippen molar-refractivity contribution < 1.29 is 19.7 Å². The van der Waals surface area contributed by atoms with Crippen molar-refractivity contribution >= 4 is 5.97 Å². The second kappa shape index (κ2) is 39.4. The van der Waals surface area contributed by atoms with E-state index in [0.29, 0.717) is 13.0 Å². The molecule has 0 aliphatic rings. The molecule has 0 aliphatic carbocycles. The lowest BCUT2D eigenvalue weighted by atomic mass is 10.0. The number of rotatable bonds is 32. The van der Waals surface area contributed by atoms with Crippen molar-refractivity contribution in [2.75, 3.05) is 13.2 Å². The molecule has 0 fully saturated rings. The summed E-state index contributed by atoms with van der Waals surface area (Å²) in [5.41, 5.74) is 0. The van der Waals surface area contributed by atoms with Gasteiger partial charge in [-0.3, -0.25) is 4.79 Å². The van der Waals surface area contributed by atoms with Gasteiger partial charge in [0.2, 0.25) is 0 Å². The highest BCUT2D eigenvalue weighted by molar-refractivity contribution is 5.69. The van der Waals surface area contributed by atoms with Crippen LogP contribution in [0.2, 0.25) is 0 Å². The van der Waals surface area contributed by atoms with Gasteiger partial charge < -0.3 is 14.9 Å². The maximum absolute atomic E-state index is 11.9. The fourth-order valence-corrected chi connectivity index (χ4v) is 5.20. The average molecular weight is 585 g/mol. The summed E-state index contributed by atoms with van der Waals surface area (Å²) in [5, 5.41) is 16.0. The van der Waals surface area contributed by atoms with Crippen molar-refractivity contribution in [3.63, 3.8) is 0 Å². The summed E-state index contributed by atoms with van der Waals surface area (Å²) in [6, 6.07) is 0. The normalized spacial score (nSPS) is 11.7. The van der Waals surface area contributed by atoms with Gasteiger partial charge in [-0.15, -0.1) is 0 Å². The third-order valence-electron chi connectivity index (χ3n) is 8.01. The lowest BCUT2D eigenvalue weighted by molar-refractivity contribution is -0.143. The van der Waals surface area contributed by atoms with Crippen LogP contribution in [-0.4, -0.2) is 35.5 Å². The molecule has 4 heteroatoms. The predicted octanol–water partition coefficient (Wildman–Crippen LogP) is 11.6. The molecule has 1 atom stereocenters. The minimum atomic E-state index is -0.560. The highest BCUT2D eigenvalue weighted by atomic mass is 16.5. The first-order valence-electron chi connectivity index (χ1n) is 18.5. The molecule has 0 aromatic rings. The van der Waals surface area contributed by atoms with E-state index >= 15 is 0 Å². The Bertz CT molecular complexity index is 430. The SMILES string of the molecule is CC(O)CO.CCCCCCCCCCCCCCCCCC(=O)OCCCCCCCCCCCCCCCC. The standard InChI is InChI=1S/C34H68O2.C3H8O2/c1-3-5-7-9-11-13-15-17-19-20-22-24-26-28-30-32-34(35)36-33-31-29-27-25-23-21-18-16-14-12-10-8-6-4-2;1-3(5)2-4/h3-33H2,1-2H3;3-5H,2H2,1H3. The summed E-state index contributed by atoms with van der Waals surface area (Å²) in [6.45, 7) is 6.60. The Morgan fingerprint density at radius 2 is 0.732 bits per heavy atom. The Labute approximate surface area is 258 Å². The first-order chi connectivity index (χ1) is 20.1. The van der Waals surface area contributed by atoms with Crippen LogP contribution in [0.25, 0.3) is 0 Å². The molecule has 41 heavy (non-hydrogen) atoms. The number of hydrogen-bond acceptors (Lipinski definition) is 4. The molecule has 0 radical (unpaired) electrons. The molecule has 0 spiro atoms. The van der Waals surface area contributed by atoms with Crippen LogP contribution in [0.5, 0.6) is 0 Å². The zero-order valence-corrected chi connectivity index (χ0v) is 28.4. The van der Waals surface area contributed by atoms with Crippen molar-refractivity contribution in [2.24, 2.45) is 0 Å². The minimum Gasteiger partial charge on any atom is -0.466 e. The van der Waals surface area contributed by atoms with Crippen LogP contribution in [-0.2, 0) is 9.53 Å². The van der Waals surface area contributed by atoms with Crippen molar-refractivity contribution in [1.29, 1.82) is 0 Å². The third kappa shape index (κ3) is 44.0.